The van der Waals surface area contributed by atoms with Crippen LogP contribution in [-0.4, -0.2) is 24.6 Å². The van der Waals surface area contributed by atoms with Crippen LogP contribution in [0.4, 0.5) is 14.9 Å². The smallest absolute Gasteiger partial charge is 0.320 e. The van der Waals surface area contributed by atoms with Gasteiger partial charge in [-0.3, -0.25) is 4.79 Å². The molecule has 4 N–H and O–H groups in total. The predicted octanol–water partition coefficient (Wildman–Crippen LogP) is 2.44. The molecule has 0 saturated heterocycles. The Bertz CT molecular complexity index is 738. The Morgan fingerprint density at radius 3 is 2.56 bits per heavy atom. The summed E-state index contributed by atoms with van der Waals surface area (Å²) in [5.74, 6) is -0.923. The summed E-state index contributed by atoms with van der Waals surface area (Å²) in [5, 5.41) is 5.07. The van der Waals surface area contributed by atoms with E-state index >= 15 is 0 Å². The molecule has 0 heterocycles. The van der Waals surface area contributed by atoms with E-state index in [-0.39, 0.29) is 12.2 Å². The second kappa shape index (κ2) is 8.68. The molecule has 0 aliphatic carbocycles. The summed E-state index contributed by atoms with van der Waals surface area (Å²) in [5.41, 5.74) is 6.53. The highest BCUT2D eigenvalue weighted by molar-refractivity contribution is 5.94. The van der Waals surface area contributed by atoms with Crippen molar-refractivity contribution in [3.8, 4) is 5.75 Å². The third-order valence-corrected chi connectivity index (χ3v) is 3.42. The highest BCUT2D eigenvalue weighted by Gasteiger charge is 2.19. The second-order valence-electron chi connectivity index (χ2n) is 5.32. The number of nitrogens with one attached hydrogen (secondary N) is 2. The quantitative estimate of drug-likeness (QED) is 0.719. The molecule has 0 radical (unpaired) electrons. The fraction of sp³-hybridized carbons (Fsp3) is 0.222. The first-order chi connectivity index (χ1) is 12.0. The molecular weight excluding hydrogens is 325 g/mol. The number of carbonyl (C=O) groups is 2. The van der Waals surface area contributed by atoms with Gasteiger partial charge in [0.2, 0.25) is 5.91 Å². The van der Waals surface area contributed by atoms with Crippen LogP contribution in [-0.2, 0) is 11.2 Å². The Kier molecular flexibility index (Phi) is 6.33. The van der Waals surface area contributed by atoms with Crippen molar-refractivity contribution in [3.63, 3.8) is 0 Å². The van der Waals surface area contributed by atoms with Crippen molar-refractivity contribution >= 4 is 17.6 Å². The van der Waals surface area contributed by atoms with Crippen LogP contribution in [0.5, 0.6) is 5.75 Å². The lowest BCUT2D eigenvalue weighted by Crippen LogP contribution is -2.47. The van der Waals surface area contributed by atoms with Gasteiger partial charge in [0.1, 0.15) is 17.6 Å². The van der Waals surface area contributed by atoms with Gasteiger partial charge in [-0.25, -0.2) is 9.18 Å². The molecule has 3 amide bonds. The van der Waals surface area contributed by atoms with Crippen molar-refractivity contribution in [2.24, 2.45) is 5.73 Å². The number of benzene rings is 2. The highest BCUT2D eigenvalue weighted by atomic mass is 19.1. The molecule has 2 aromatic carbocycles. The molecular formula is C18H20FN3O3. The molecule has 25 heavy (non-hydrogen) atoms. The van der Waals surface area contributed by atoms with E-state index in [4.69, 9.17) is 10.5 Å². The number of amides is 3. The molecule has 1 atom stereocenters. The topological polar surface area (TPSA) is 93.4 Å². The lowest BCUT2D eigenvalue weighted by molar-refractivity contribution is -0.119. The maximum absolute atomic E-state index is 13.3. The van der Waals surface area contributed by atoms with Crippen LogP contribution in [0.15, 0.2) is 48.5 Å². The van der Waals surface area contributed by atoms with Gasteiger partial charge in [-0.15, -0.1) is 0 Å². The molecule has 0 aliphatic rings. The standard InChI is InChI=1S/C18H20FN3O3/c1-2-25-16-11-13(19)8-9-14(16)21-18(24)22-15(17(20)23)10-12-6-4-3-5-7-12/h3-9,11,15H,2,10H2,1H3,(H2,20,23)(H2,21,22,24)/t15-/m1/s1. The summed E-state index contributed by atoms with van der Waals surface area (Å²) in [7, 11) is 0. The Hall–Kier alpha value is -3.09. The minimum Gasteiger partial charge on any atom is -0.492 e. The molecule has 0 saturated carbocycles. The average molecular weight is 345 g/mol. The molecule has 0 aliphatic heterocycles. The Morgan fingerprint density at radius 1 is 1.20 bits per heavy atom. The van der Waals surface area contributed by atoms with Gasteiger partial charge in [-0.2, -0.15) is 0 Å². The van der Waals surface area contributed by atoms with Gasteiger partial charge < -0.3 is 21.1 Å². The van der Waals surface area contributed by atoms with Crippen molar-refractivity contribution < 1.29 is 18.7 Å². The summed E-state index contributed by atoms with van der Waals surface area (Å²) in [4.78, 5) is 23.8. The molecule has 2 rings (SSSR count). The number of hydrogen-bond acceptors (Lipinski definition) is 3. The number of urea groups is 1. The minimum atomic E-state index is -0.876. The maximum Gasteiger partial charge on any atom is 0.320 e. The summed E-state index contributed by atoms with van der Waals surface area (Å²) < 4.78 is 18.6. The summed E-state index contributed by atoms with van der Waals surface area (Å²) in [6.07, 6.45) is 0.269. The third kappa shape index (κ3) is 5.49. The summed E-state index contributed by atoms with van der Waals surface area (Å²) >= 11 is 0. The highest BCUT2D eigenvalue weighted by Crippen LogP contribution is 2.25. The van der Waals surface area contributed by atoms with E-state index < -0.39 is 23.8 Å². The molecule has 0 spiro atoms. The van der Waals surface area contributed by atoms with E-state index in [9.17, 15) is 14.0 Å². The van der Waals surface area contributed by atoms with Crippen LogP contribution in [0.1, 0.15) is 12.5 Å². The fourth-order valence-electron chi connectivity index (χ4n) is 2.26. The van der Waals surface area contributed by atoms with Crippen molar-refractivity contribution in [2.75, 3.05) is 11.9 Å². The molecule has 0 unspecified atom stereocenters. The molecule has 0 aromatic heterocycles. The van der Waals surface area contributed by atoms with Crippen LogP contribution >= 0.6 is 0 Å². The number of ether oxygens (including phenoxy) is 1. The summed E-state index contributed by atoms with van der Waals surface area (Å²) in [6, 6.07) is 11.4. The second-order valence-corrected chi connectivity index (χ2v) is 5.32. The number of rotatable bonds is 7. The average Bonchev–Trinajstić information content (AvgIpc) is 2.58. The summed E-state index contributed by atoms with van der Waals surface area (Å²) in [6.45, 7) is 2.06. The Morgan fingerprint density at radius 2 is 1.92 bits per heavy atom. The molecule has 0 bridgehead atoms. The lowest BCUT2D eigenvalue weighted by Gasteiger charge is -2.17. The Balaban J connectivity index is 2.05. The predicted molar refractivity (Wildman–Crippen MR) is 92.9 cm³/mol. The van der Waals surface area contributed by atoms with Gasteiger partial charge in [0.15, 0.2) is 0 Å². The van der Waals surface area contributed by atoms with E-state index in [0.29, 0.717) is 12.3 Å². The SMILES string of the molecule is CCOc1cc(F)ccc1NC(=O)N[C@H](Cc1ccccc1)C(N)=O. The maximum atomic E-state index is 13.3. The zero-order valence-electron chi connectivity index (χ0n) is 13.8. The van der Waals surface area contributed by atoms with Gasteiger partial charge in [-0.05, 0) is 24.6 Å². The van der Waals surface area contributed by atoms with Crippen molar-refractivity contribution in [3.05, 3.63) is 59.9 Å². The first-order valence-electron chi connectivity index (χ1n) is 7.82. The van der Waals surface area contributed by atoms with Crippen LogP contribution in [0.3, 0.4) is 0 Å². The van der Waals surface area contributed by atoms with Crippen molar-refractivity contribution in [1.29, 1.82) is 0 Å². The number of carbonyl (C=O) groups excluding carboxylic acids is 2. The van der Waals surface area contributed by atoms with E-state index in [2.05, 4.69) is 10.6 Å². The van der Waals surface area contributed by atoms with Crippen LogP contribution < -0.4 is 21.1 Å². The zero-order chi connectivity index (χ0) is 18.2. The number of hydrogen-bond donors (Lipinski definition) is 3. The van der Waals surface area contributed by atoms with Gasteiger partial charge in [0.05, 0.1) is 12.3 Å². The Labute approximate surface area is 145 Å². The largest absolute Gasteiger partial charge is 0.492 e. The third-order valence-electron chi connectivity index (χ3n) is 3.42. The van der Waals surface area contributed by atoms with Gasteiger partial charge in [0, 0.05) is 12.5 Å². The normalized spacial score (nSPS) is 11.4. The number of anilines is 1. The first-order valence-corrected chi connectivity index (χ1v) is 7.82. The molecule has 6 nitrogen and oxygen atoms in total. The number of primary amides is 1. The first kappa shape index (κ1) is 18.3. The van der Waals surface area contributed by atoms with E-state index in [1.54, 1.807) is 6.92 Å². The van der Waals surface area contributed by atoms with E-state index in [1.807, 2.05) is 30.3 Å². The van der Waals surface area contributed by atoms with Crippen molar-refractivity contribution in [2.45, 2.75) is 19.4 Å². The van der Waals surface area contributed by atoms with Gasteiger partial charge >= 0.3 is 6.03 Å². The molecule has 132 valence electrons. The van der Waals surface area contributed by atoms with E-state index in [1.165, 1.54) is 18.2 Å². The van der Waals surface area contributed by atoms with Crippen LogP contribution in [0.25, 0.3) is 0 Å². The van der Waals surface area contributed by atoms with Crippen LogP contribution in [0, 0.1) is 5.82 Å². The van der Waals surface area contributed by atoms with E-state index in [0.717, 1.165) is 5.56 Å². The van der Waals surface area contributed by atoms with Crippen LogP contribution in [0.2, 0.25) is 0 Å². The monoisotopic (exact) mass is 345 g/mol. The number of halogens is 1. The molecule has 2 aromatic rings. The minimum absolute atomic E-state index is 0.205. The van der Waals surface area contributed by atoms with Gasteiger partial charge in [-0.1, -0.05) is 30.3 Å². The molecule has 0 fully saturated rings. The lowest BCUT2D eigenvalue weighted by atomic mass is 10.1. The zero-order valence-corrected chi connectivity index (χ0v) is 13.8. The van der Waals surface area contributed by atoms with Gasteiger partial charge in [0.25, 0.3) is 0 Å². The number of nitrogens with two attached hydrogens (primary N) is 1. The fourth-order valence-corrected chi connectivity index (χ4v) is 2.26. The van der Waals surface area contributed by atoms with Crippen molar-refractivity contribution in [1.82, 2.24) is 5.32 Å². The molecule has 7 heteroatoms.